The summed E-state index contributed by atoms with van der Waals surface area (Å²) in [7, 11) is 0. The van der Waals surface area contributed by atoms with Gasteiger partial charge in [-0.25, -0.2) is 19.9 Å². The number of aromatic amines is 2. The van der Waals surface area contributed by atoms with Crippen molar-refractivity contribution in [3.63, 3.8) is 0 Å². The Morgan fingerprint density at radius 3 is 2.27 bits per heavy atom. The minimum absolute atomic E-state index is 0. The van der Waals surface area contributed by atoms with Crippen molar-refractivity contribution in [2.24, 2.45) is 5.11 Å². The maximum Gasteiger partial charge on any atom is 1.00 e. The Kier molecular flexibility index (Phi) is 3.75. The molecule has 4 heterocycles. The zero-order valence-electron chi connectivity index (χ0n) is 11.3. The second kappa shape index (κ2) is 5.71. The standard InChI is InChI=1S/C10H6N10O.Na/c21-20(10-6-8(14-2-12-6)16-4-18-10)19-9-5-7(13-1-11-5)15-3-17-9;/h1-4H,(H,11,13,15,17)(H,12,14,16,18);/q;+1. The van der Waals surface area contributed by atoms with E-state index in [9.17, 15) is 5.21 Å². The third-order valence-corrected chi connectivity index (χ3v) is 2.77. The molecule has 0 spiro atoms. The molecule has 0 aliphatic rings. The van der Waals surface area contributed by atoms with Gasteiger partial charge in [-0.1, -0.05) is 5.11 Å². The van der Waals surface area contributed by atoms with Crippen LogP contribution in [0.5, 0.6) is 0 Å². The maximum absolute atomic E-state index is 12.2. The van der Waals surface area contributed by atoms with Crippen LogP contribution in [0.3, 0.4) is 0 Å². The predicted molar refractivity (Wildman–Crippen MR) is 68.7 cm³/mol. The Labute approximate surface area is 143 Å². The van der Waals surface area contributed by atoms with Gasteiger partial charge in [0.15, 0.2) is 16.8 Å². The van der Waals surface area contributed by atoms with Crippen LogP contribution in [0.25, 0.3) is 22.3 Å². The number of nitrogens with one attached hydrogen (secondary N) is 2. The molecule has 11 nitrogen and oxygen atoms in total. The van der Waals surface area contributed by atoms with Crippen LogP contribution in [0, 0.1) is 5.21 Å². The summed E-state index contributed by atoms with van der Waals surface area (Å²) in [4.78, 5) is 29.6. The molecular weight excluding hydrogens is 299 g/mol. The Hall–Kier alpha value is -2.50. The zero-order chi connectivity index (χ0) is 14.2. The van der Waals surface area contributed by atoms with Crippen molar-refractivity contribution >= 4 is 34.0 Å². The number of hydrogen-bond donors (Lipinski definition) is 2. The average Bonchev–Trinajstić information content (AvgIpc) is 3.15. The summed E-state index contributed by atoms with van der Waals surface area (Å²) in [6, 6.07) is 0. The van der Waals surface area contributed by atoms with Crippen LogP contribution < -0.4 is 29.6 Å². The van der Waals surface area contributed by atoms with Crippen molar-refractivity contribution in [3.05, 3.63) is 30.5 Å². The van der Waals surface area contributed by atoms with Gasteiger partial charge >= 0.3 is 35.4 Å². The number of nitrogens with zero attached hydrogens (tertiary/aromatic N) is 8. The number of azo groups is 1. The smallest absolute Gasteiger partial charge is 0.690 e. The maximum atomic E-state index is 12.2. The summed E-state index contributed by atoms with van der Waals surface area (Å²) in [6.45, 7) is 0. The van der Waals surface area contributed by atoms with Crippen LogP contribution in [-0.4, -0.2) is 44.7 Å². The van der Waals surface area contributed by atoms with Gasteiger partial charge in [0.25, 0.3) is 0 Å². The van der Waals surface area contributed by atoms with Crippen LogP contribution in [0.2, 0.25) is 0 Å². The second-order valence-electron chi connectivity index (χ2n) is 3.97. The number of rotatable bonds is 2. The Morgan fingerprint density at radius 2 is 1.50 bits per heavy atom. The molecule has 0 amide bonds. The number of imidazole rings is 2. The monoisotopic (exact) mass is 305 g/mol. The molecule has 0 radical (unpaired) electrons. The van der Waals surface area contributed by atoms with Gasteiger partial charge in [0, 0.05) is 0 Å². The van der Waals surface area contributed by atoms with E-state index in [4.69, 9.17) is 0 Å². The van der Waals surface area contributed by atoms with E-state index in [1.165, 1.54) is 25.3 Å². The van der Waals surface area contributed by atoms with E-state index >= 15 is 0 Å². The Morgan fingerprint density at radius 1 is 0.864 bits per heavy atom. The summed E-state index contributed by atoms with van der Waals surface area (Å²) in [5.41, 5.74) is 1.66. The molecule has 0 bridgehead atoms. The van der Waals surface area contributed by atoms with Gasteiger partial charge in [0.2, 0.25) is 12.1 Å². The minimum atomic E-state index is 0. The fraction of sp³-hybridized carbons (Fsp3) is 0. The quantitative estimate of drug-likeness (QED) is 0.187. The number of H-pyrrole nitrogens is 2. The van der Waals surface area contributed by atoms with Gasteiger partial charge < -0.3 is 15.2 Å². The van der Waals surface area contributed by atoms with Crippen molar-refractivity contribution < 1.29 is 34.4 Å². The van der Waals surface area contributed by atoms with Gasteiger partial charge in [-0.2, -0.15) is 4.98 Å². The largest absolute Gasteiger partial charge is 1.00 e. The molecule has 0 atom stereocenters. The van der Waals surface area contributed by atoms with Crippen molar-refractivity contribution in [1.29, 1.82) is 0 Å². The molecule has 22 heavy (non-hydrogen) atoms. The van der Waals surface area contributed by atoms with Crippen LogP contribution in [-0.2, 0) is 0 Å². The molecule has 4 rings (SSSR count). The first-order valence-electron chi connectivity index (χ1n) is 5.80. The van der Waals surface area contributed by atoms with E-state index < -0.39 is 0 Å². The van der Waals surface area contributed by atoms with E-state index in [1.54, 1.807) is 0 Å². The van der Waals surface area contributed by atoms with E-state index in [-0.39, 0.29) is 41.2 Å². The van der Waals surface area contributed by atoms with Gasteiger partial charge in [0.05, 0.1) is 12.7 Å². The Bertz CT molecular complexity index is 976. The normalized spacial score (nSPS) is 11.7. The Balaban J connectivity index is 0.00000144. The zero-order valence-corrected chi connectivity index (χ0v) is 13.3. The fourth-order valence-electron chi connectivity index (χ4n) is 1.86. The molecule has 0 saturated carbocycles. The molecule has 102 valence electrons. The number of fused-ring (bicyclic) bond motifs is 2. The van der Waals surface area contributed by atoms with E-state index in [1.807, 2.05) is 0 Å². The minimum Gasteiger partial charge on any atom is -0.690 e. The molecule has 0 aliphatic heterocycles. The molecule has 4 aromatic heterocycles. The molecule has 12 heteroatoms. The van der Waals surface area contributed by atoms with E-state index in [0.717, 1.165) is 0 Å². The molecule has 4 aromatic rings. The molecule has 0 unspecified atom stereocenters. The van der Waals surface area contributed by atoms with Crippen LogP contribution in [0.15, 0.2) is 30.4 Å². The third-order valence-electron chi connectivity index (χ3n) is 2.77. The first-order chi connectivity index (χ1) is 10.3. The van der Waals surface area contributed by atoms with Gasteiger partial charge in [-0.05, 0) is 4.98 Å². The van der Waals surface area contributed by atoms with Crippen LogP contribution in [0.4, 0.5) is 11.6 Å². The van der Waals surface area contributed by atoms with Crippen molar-refractivity contribution in [2.45, 2.75) is 0 Å². The first-order valence-corrected chi connectivity index (χ1v) is 5.80. The average molecular weight is 305 g/mol. The SMILES string of the molecule is [Na+].[O-][N+](=Nc1ncnc2nc[nH]c12)c1ncnc2nc[nH]c12. The number of hydrogen-bond acceptors (Lipinski definition) is 8. The summed E-state index contributed by atoms with van der Waals surface area (Å²) in [5, 5.41) is 16.1. The summed E-state index contributed by atoms with van der Waals surface area (Å²) in [6.07, 6.45) is 5.39. The molecule has 0 aliphatic carbocycles. The summed E-state index contributed by atoms with van der Waals surface area (Å²) in [5.74, 6) is 0.211. The van der Waals surface area contributed by atoms with Crippen LogP contribution >= 0.6 is 0 Å². The molecule has 0 aromatic carbocycles. The number of aromatic nitrogens is 8. The van der Waals surface area contributed by atoms with Gasteiger partial charge in [-0.3, -0.25) is 0 Å². The topological polar surface area (TPSA) is 147 Å². The molecular formula is C10H6N10NaO+. The van der Waals surface area contributed by atoms with Crippen molar-refractivity contribution in [2.75, 3.05) is 0 Å². The molecule has 2 N–H and O–H groups in total. The molecule has 0 fully saturated rings. The van der Waals surface area contributed by atoms with E-state index in [0.29, 0.717) is 27.2 Å². The summed E-state index contributed by atoms with van der Waals surface area (Å²) >= 11 is 0. The van der Waals surface area contributed by atoms with Gasteiger partial charge in [-0.15, -0.1) is 4.86 Å². The van der Waals surface area contributed by atoms with E-state index in [2.05, 4.69) is 45.0 Å². The van der Waals surface area contributed by atoms with Crippen LogP contribution in [0.1, 0.15) is 0 Å². The summed E-state index contributed by atoms with van der Waals surface area (Å²) < 4.78 is 0. The first kappa shape index (κ1) is 14.4. The third kappa shape index (κ3) is 2.30. The van der Waals surface area contributed by atoms with Gasteiger partial charge in [0.1, 0.15) is 11.8 Å². The second-order valence-corrected chi connectivity index (χ2v) is 3.97. The van der Waals surface area contributed by atoms with Crippen molar-refractivity contribution in [3.8, 4) is 0 Å². The predicted octanol–water partition coefficient (Wildman–Crippen LogP) is -2.05. The fourth-order valence-corrected chi connectivity index (χ4v) is 1.86. The van der Waals surface area contributed by atoms with Crippen molar-refractivity contribution in [1.82, 2.24) is 39.9 Å². The molecule has 0 saturated heterocycles.